The lowest BCUT2D eigenvalue weighted by Crippen LogP contribution is -2.31. The highest BCUT2D eigenvalue weighted by atomic mass is 16.7. The number of hydrogen-bond donors (Lipinski definition) is 0. The van der Waals surface area contributed by atoms with Gasteiger partial charge in [-0.25, -0.2) is 4.79 Å². The molecule has 0 saturated carbocycles. The number of hydrogen-bond acceptors (Lipinski definition) is 4. The van der Waals surface area contributed by atoms with E-state index in [4.69, 9.17) is 4.84 Å². The Bertz CT molecular complexity index is 646. The molecule has 0 N–H and O–H groups in total. The van der Waals surface area contributed by atoms with Crippen molar-refractivity contribution >= 4 is 17.8 Å². The van der Waals surface area contributed by atoms with Gasteiger partial charge >= 0.3 is 5.97 Å². The van der Waals surface area contributed by atoms with Crippen LogP contribution in [0.1, 0.15) is 122 Å². The van der Waals surface area contributed by atoms with Crippen LogP contribution in [-0.4, -0.2) is 22.8 Å². The van der Waals surface area contributed by atoms with Gasteiger partial charge in [-0.05, 0) is 24.7 Å². The molecule has 5 heteroatoms. The lowest BCUT2D eigenvalue weighted by Gasteiger charge is -2.11. The smallest absolute Gasteiger partial charge is 0.330 e. The molecule has 172 valence electrons. The van der Waals surface area contributed by atoms with Crippen molar-refractivity contribution in [2.75, 3.05) is 0 Å². The molecule has 31 heavy (non-hydrogen) atoms. The third-order valence-corrected chi connectivity index (χ3v) is 5.28. The predicted molar refractivity (Wildman–Crippen MR) is 122 cm³/mol. The first-order chi connectivity index (χ1) is 15.1. The normalized spacial score (nSPS) is 12.9. The Hall–Kier alpha value is -2.27. The van der Waals surface area contributed by atoms with E-state index in [1.54, 1.807) is 0 Å². The number of imide groups is 1. The van der Waals surface area contributed by atoms with Crippen LogP contribution in [0.2, 0.25) is 0 Å². The molecule has 2 amide bonds. The van der Waals surface area contributed by atoms with Crippen LogP contribution >= 0.6 is 0 Å². The first-order valence-electron chi connectivity index (χ1n) is 12.2. The van der Waals surface area contributed by atoms with Crippen LogP contribution in [0.15, 0.2) is 0 Å². The molecule has 0 aromatic heterocycles. The molecule has 0 aromatic carbocycles. The minimum Gasteiger partial charge on any atom is -0.330 e. The Morgan fingerprint density at radius 3 is 1.71 bits per heavy atom. The second-order valence-electron chi connectivity index (χ2n) is 8.14. The predicted octanol–water partition coefficient (Wildman–Crippen LogP) is 5.86. The fourth-order valence-corrected chi connectivity index (χ4v) is 3.39. The summed E-state index contributed by atoms with van der Waals surface area (Å²) < 4.78 is 0. The fourth-order valence-electron chi connectivity index (χ4n) is 3.39. The molecule has 1 rings (SSSR count). The number of unbranched alkanes of at least 4 members (excludes halogenated alkanes) is 13. The molecule has 0 aliphatic carbocycles. The molecule has 1 heterocycles. The van der Waals surface area contributed by atoms with E-state index in [1.165, 1.54) is 70.6 Å². The van der Waals surface area contributed by atoms with Gasteiger partial charge in [0.2, 0.25) is 0 Å². The summed E-state index contributed by atoms with van der Waals surface area (Å²) in [7, 11) is 0. The van der Waals surface area contributed by atoms with Crippen molar-refractivity contribution in [3.63, 3.8) is 0 Å². The first kappa shape index (κ1) is 26.8. The Labute approximate surface area is 188 Å². The van der Waals surface area contributed by atoms with Gasteiger partial charge in [-0.15, -0.1) is 5.06 Å². The zero-order valence-corrected chi connectivity index (χ0v) is 19.3. The van der Waals surface area contributed by atoms with Crippen LogP contribution in [0.3, 0.4) is 0 Å². The highest BCUT2D eigenvalue weighted by Crippen LogP contribution is 2.13. The van der Waals surface area contributed by atoms with Crippen molar-refractivity contribution in [2.45, 2.75) is 122 Å². The van der Waals surface area contributed by atoms with E-state index >= 15 is 0 Å². The molecular formula is C26H39NO4. The first-order valence-corrected chi connectivity index (χ1v) is 12.2. The summed E-state index contributed by atoms with van der Waals surface area (Å²) in [4.78, 5) is 39.1. The van der Waals surface area contributed by atoms with Crippen molar-refractivity contribution in [3.05, 3.63) is 0 Å². The van der Waals surface area contributed by atoms with Gasteiger partial charge < -0.3 is 4.84 Å². The highest BCUT2D eigenvalue weighted by Gasteiger charge is 2.32. The molecule has 0 unspecified atom stereocenters. The molecule has 1 saturated heterocycles. The Morgan fingerprint density at radius 1 is 0.742 bits per heavy atom. The number of nitrogens with zero attached hydrogens (tertiary/aromatic N) is 1. The van der Waals surface area contributed by atoms with Gasteiger partial charge in [0.15, 0.2) is 0 Å². The molecule has 0 aromatic rings. The number of rotatable bonds is 16. The Morgan fingerprint density at radius 2 is 1.19 bits per heavy atom. The van der Waals surface area contributed by atoms with Crippen molar-refractivity contribution in [2.24, 2.45) is 0 Å². The maximum Gasteiger partial charge on any atom is 0.333 e. The Kier molecular flexibility index (Phi) is 16.0. The van der Waals surface area contributed by atoms with E-state index in [9.17, 15) is 14.4 Å². The van der Waals surface area contributed by atoms with Gasteiger partial charge in [0, 0.05) is 32.1 Å². The van der Waals surface area contributed by atoms with Crippen LogP contribution < -0.4 is 0 Å². The zero-order chi connectivity index (χ0) is 22.6. The summed E-state index contributed by atoms with van der Waals surface area (Å²) in [5, 5.41) is 0.578. The molecule has 1 fully saturated rings. The van der Waals surface area contributed by atoms with Crippen molar-refractivity contribution in [1.82, 2.24) is 5.06 Å². The van der Waals surface area contributed by atoms with Gasteiger partial charge in [-0.3, -0.25) is 9.59 Å². The molecule has 1 aliphatic rings. The largest absolute Gasteiger partial charge is 0.333 e. The minimum atomic E-state index is -0.580. The standard InChI is InChI=1S/C26H39NO4/c1-2-3-4-5-6-7-8-9-10-11-12-13-14-15-16-17-18-19-20-21-26(30)31-27-24(28)22-23-25(27)29/h2-14,19-23H2,1H3. The number of carbonyl (C=O) groups excluding carboxylic acids is 3. The lowest BCUT2D eigenvalue weighted by atomic mass is 10.0. The SMILES string of the molecule is CCCCCCCCCCCCCCC#CC#CCCCC(=O)ON1C(=O)CCC1=O. The van der Waals surface area contributed by atoms with E-state index in [0.717, 1.165) is 12.8 Å². The van der Waals surface area contributed by atoms with Crippen molar-refractivity contribution in [1.29, 1.82) is 0 Å². The van der Waals surface area contributed by atoms with Crippen LogP contribution in [0.25, 0.3) is 0 Å². The van der Waals surface area contributed by atoms with Gasteiger partial charge in [-0.2, -0.15) is 0 Å². The van der Waals surface area contributed by atoms with Gasteiger partial charge in [0.1, 0.15) is 0 Å². The van der Waals surface area contributed by atoms with E-state index in [-0.39, 0.29) is 19.3 Å². The van der Waals surface area contributed by atoms with E-state index in [2.05, 4.69) is 30.6 Å². The van der Waals surface area contributed by atoms with Crippen molar-refractivity contribution < 1.29 is 19.2 Å². The topological polar surface area (TPSA) is 63.7 Å². The zero-order valence-electron chi connectivity index (χ0n) is 19.3. The monoisotopic (exact) mass is 429 g/mol. The van der Waals surface area contributed by atoms with E-state index in [0.29, 0.717) is 17.9 Å². The molecule has 0 bridgehead atoms. The number of carbonyl (C=O) groups is 3. The average molecular weight is 430 g/mol. The van der Waals surface area contributed by atoms with Gasteiger partial charge in [-0.1, -0.05) is 89.4 Å². The summed E-state index contributed by atoms with van der Waals surface area (Å²) >= 11 is 0. The van der Waals surface area contributed by atoms with Crippen LogP contribution in [-0.2, 0) is 19.2 Å². The number of hydroxylamine groups is 2. The maximum absolute atomic E-state index is 11.6. The van der Waals surface area contributed by atoms with Crippen LogP contribution in [0.4, 0.5) is 0 Å². The summed E-state index contributed by atoms with van der Waals surface area (Å²) in [6.45, 7) is 2.26. The summed E-state index contributed by atoms with van der Waals surface area (Å²) in [6, 6.07) is 0. The second kappa shape index (κ2) is 18.5. The third-order valence-electron chi connectivity index (χ3n) is 5.28. The maximum atomic E-state index is 11.6. The van der Waals surface area contributed by atoms with E-state index < -0.39 is 17.8 Å². The average Bonchev–Trinajstić information content (AvgIpc) is 3.07. The third kappa shape index (κ3) is 14.4. The quantitative estimate of drug-likeness (QED) is 0.175. The number of amides is 2. The molecule has 0 atom stereocenters. The second-order valence-corrected chi connectivity index (χ2v) is 8.14. The molecule has 0 radical (unpaired) electrons. The van der Waals surface area contributed by atoms with Gasteiger partial charge in [0.25, 0.3) is 11.8 Å². The highest BCUT2D eigenvalue weighted by molar-refractivity contribution is 6.01. The molecular weight excluding hydrogens is 390 g/mol. The summed E-state index contributed by atoms with van der Waals surface area (Å²) in [5.41, 5.74) is 0. The molecule has 5 nitrogen and oxygen atoms in total. The fraction of sp³-hybridized carbons (Fsp3) is 0.731. The van der Waals surface area contributed by atoms with Crippen LogP contribution in [0.5, 0.6) is 0 Å². The lowest BCUT2D eigenvalue weighted by molar-refractivity contribution is -0.197. The molecule has 0 spiro atoms. The van der Waals surface area contributed by atoms with Crippen molar-refractivity contribution in [3.8, 4) is 23.7 Å². The summed E-state index contributed by atoms with van der Waals surface area (Å²) in [6.07, 6.45) is 18.3. The van der Waals surface area contributed by atoms with Crippen LogP contribution in [0, 0.1) is 23.7 Å². The molecule has 1 aliphatic heterocycles. The van der Waals surface area contributed by atoms with Gasteiger partial charge in [0.05, 0.1) is 0 Å². The summed E-state index contributed by atoms with van der Waals surface area (Å²) in [5.74, 6) is 10.2. The van der Waals surface area contributed by atoms with E-state index in [1.807, 2.05) is 0 Å². The Balaban J connectivity index is 1.89. The minimum absolute atomic E-state index is 0.107.